The van der Waals surface area contributed by atoms with Crippen molar-refractivity contribution in [1.82, 2.24) is 9.78 Å². The first-order chi connectivity index (χ1) is 17.2. The van der Waals surface area contributed by atoms with Crippen LogP contribution in [0.25, 0.3) is 0 Å². The summed E-state index contributed by atoms with van der Waals surface area (Å²) in [6.07, 6.45) is -3.29. The molecule has 200 valence electrons. The van der Waals surface area contributed by atoms with Crippen molar-refractivity contribution in [1.29, 1.82) is 0 Å². The molecule has 2 aromatic rings. The molecule has 0 bridgehead atoms. The number of carbonyl (C=O) groups excluding carboxylic acids is 1. The Morgan fingerprint density at radius 1 is 1.11 bits per heavy atom. The van der Waals surface area contributed by atoms with Crippen LogP contribution >= 0.6 is 23.2 Å². The lowest BCUT2D eigenvalue weighted by molar-refractivity contribution is -0.152. The van der Waals surface area contributed by atoms with E-state index in [4.69, 9.17) is 23.2 Å². The van der Waals surface area contributed by atoms with Crippen molar-refractivity contribution in [2.75, 3.05) is 0 Å². The highest BCUT2D eigenvalue weighted by atomic mass is 35.5. The van der Waals surface area contributed by atoms with Crippen molar-refractivity contribution in [3.05, 3.63) is 50.8 Å². The number of hydrogen-bond donors (Lipinski definition) is 1. The summed E-state index contributed by atoms with van der Waals surface area (Å²) in [6, 6.07) is 3.57. The first-order valence-electron chi connectivity index (χ1n) is 12.3. The minimum absolute atomic E-state index is 0.00391. The third-order valence-electron chi connectivity index (χ3n) is 8.47. The Hall–Kier alpha value is -2.13. The van der Waals surface area contributed by atoms with Gasteiger partial charge < -0.3 is 5.11 Å². The molecule has 1 heterocycles. The highest BCUT2D eigenvalue weighted by Gasteiger charge is 2.64. The molecule has 3 aliphatic rings. The smallest absolute Gasteiger partial charge is 0.433 e. The molecule has 1 aromatic carbocycles. The zero-order chi connectivity index (χ0) is 27.0. The maximum atomic E-state index is 16.1. The lowest BCUT2D eigenvalue weighted by Crippen LogP contribution is -2.40. The van der Waals surface area contributed by atoms with Crippen LogP contribution in [0.1, 0.15) is 91.6 Å². The third kappa shape index (κ3) is 4.56. The number of carboxylic acids is 1. The van der Waals surface area contributed by atoms with Crippen LogP contribution in [0, 0.1) is 10.8 Å². The van der Waals surface area contributed by atoms with Gasteiger partial charge >= 0.3 is 12.1 Å². The summed E-state index contributed by atoms with van der Waals surface area (Å²) < 4.78 is 60.8. The molecule has 37 heavy (non-hydrogen) atoms. The van der Waals surface area contributed by atoms with Gasteiger partial charge in [-0.25, -0.2) is 4.39 Å². The van der Waals surface area contributed by atoms with Gasteiger partial charge in [-0.15, -0.1) is 0 Å². The third-order valence-corrected chi connectivity index (χ3v) is 9.10. The van der Waals surface area contributed by atoms with Gasteiger partial charge in [-0.05, 0) is 75.8 Å². The van der Waals surface area contributed by atoms with Crippen LogP contribution in [0.2, 0.25) is 10.0 Å². The summed E-state index contributed by atoms with van der Waals surface area (Å²) in [4.78, 5) is 24.9. The van der Waals surface area contributed by atoms with Gasteiger partial charge in [0.2, 0.25) is 0 Å². The molecule has 0 saturated heterocycles. The minimum Gasteiger partial charge on any atom is -0.481 e. The average molecular weight is 561 g/mol. The molecule has 0 aliphatic heterocycles. The molecule has 0 amide bonds. The Morgan fingerprint density at radius 2 is 1.68 bits per heavy atom. The molecule has 3 saturated carbocycles. The molecule has 0 atom stereocenters. The minimum atomic E-state index is -4.92. The van der Waals surface area contributed by atoms with Gasteiger partial charge in [-0.3, -0.25) is 14.3 Å². The lowest BCUT2D eigenvalue weighted by Gasteiger charge is -2.41. The number of aliphatic carboxylic acids is 1. The molecule has 11 heteroatoms. The van der Waals surface area contributed by atoms with E-state index in [0.717, 1.165) is 17.5 Å². The number of aromatic nitrogens is 2. The molecule has 1 N–H and O–H groups in total. The Morgan fingerprint density at radius 3 is 2.16 bits per heavy atom. The number of halogens is 6. The van der Waals surface area contributed by atoms with Gasteiger partial charge in [-0.2, -0.15) is 18.3 Å². The van der Waals surface area contributed by atoms with Gasteiger partial charge in [0.05, 0.1) is 27.1 Å². The largest absolute Gasteiger partial charge is 0.481 e. The molecule has 0 unspecified atom stereocenters. The van der Waals surface area contributed by atoms with Crippen molar-refractivity contribution < 1.29 is 32.3 Å². The summed E-state index contributed by atoms with van der Waals surface area (Å²) in [5.41, 5.74) is -5.40. The van der Waals surface area contributed by atoms with E-state index < -0.39 is 52.7 Å². The van der Waals surface area contributed by atoms with Crippen LogP contribution in [-0.4, -0.2) is 26.6 Å². The van der Waals surface area contributed by atoms with Gasteiger partial charge in [0.15, 0.2) is 11.5 Å². The summed E-state index contributed by atoms with van der Waals surface area (Å²) >= 11 is 12.3. The molecule has 5 nitrogen and oxygen atoms in total. The fourth-order valence-corrected chi connectivity index (χ4v) is 6.72. The highest BCUT2D eigenvalue weighted by Crippen LogP contribution is 2.70. The zero-order valence-corrected chi connectivity index (χ0v) is 21.6. The van der Waals surface area contributed by atoms with E-state index in [2.05, 4.69) is 5.10 Å². The van der Waals surface area contributed by atoms with Crippen molar-refractivity contribution in [2.24, 2.45) is 10.8 Å². The quantitative estimate of drug-likeness (QED) is 0.292. The van der Waals surface area contributed by atoms with Crippen molar-refractivity contribution in [3.8, 4) is 0 Å². The van der Waals surface area contributed by atoms with Gasteiger partial charge in [0, 0.05) is 12.0 Å². The van der Waals surface area contributed by atoms with Crippen LogP contribution in [0.4, 0.5) is 17.6 Å². The monoisotopic (exact) mass is 560 g/mol. The summed E-state index contributed by atoms with van der Waals surface area (Å²) in [5, 5.41) is 13.7. The fourth-order valence-electron chi connectivity index (χ4n) is 6.11. The first kappa shape index (κ1) is 26.5. The molecule has 0 radical (unpaired) electrons. The number of benzene rings is 1. The summed E-state index contributed by atoms with van der Waals surface area (Å²) in [5.74, 6) is -1.76. The van der Waals surface area contributed by atoms with E-state index >= 15 is 4.39 Å². The SMILES string of the molecule is C[C@]1(C(=O)O)CC[C@H](n2nc(C3(F)CC4(CC4)C3)c(CC(=O)c3c(Cl)cccc3Cl)c2C(F)(F)F)CC1. The standard InChI is InChI=1S/C26H26Cl2F4N2O3/c1-23(22(36)37)7-5-14(6-8-23)34-21(26(30,31)32)15(11-18(35)19-16(27)3-2-4-17(19)28)20(33-34)25(29)12-24(13-25)9-10-24/h2-4,14H,5-13H2,1H3,(H,36,37)/t14-,23-. The second-order valence-corrected chi connectivity index (χ2v) is 12.0. The molecular weight excluding hydrogens is 535 g/mol. The van der Waals surface area contributed by atoms with Gasteiger partial charge in [0.25, 0.3) is 0 Å². The Balaban J connectivity index is 1.59. The fraction of sp³-hybridized carbons (Fsp3) is 0.577. The molecular formula is C26H26Cl2F4N2O3. The Kier molecular flexibility index (Phi) is 6.22. The number of Topliss-reactive ketones (excluding diaryl/α,β-unsaturated/α-hetero) is 1. The average Bonchev–Trinajstić information content (AvgIpc) is 3.44. The number of nitrogens with zero attached hydrogens (tertiary/aromatic N) is 2. The summed E-state index contributed by atoms with van der Waals surface area (Å²) in [6.45, 7) is 1.57. The van der Waals surface area contributed by atoms with Crippen LogP contribution in [-0.2, 0) is 23.1 Å². The number of carbonyl (C=O) groups is 2. The highest BCUT2D eigenvalue weighted by molar-refractivity contribution is 6.39. The number of alkyl halides is 4. The van der Waals surface area contributed by atoms with E-state index in [0.29, 0.717) is 0 Å². The second-order valence-electron chi connectivity index (χ2n) is 11.2. The topological polar surface area (TPSA) is 72.2 Å². The number of ketones is 1. The van der Waals surface area contributed by atoms with Crippen LogP contribution in [0.3, 0.4) is 0 Å². The summed E-state index contributed by atoms with van der Waals surface area (Å²) in [7, 11) is 0. The van der Waals surface area contributed by atoms with Crippen LogP contribution in [0.15, 0.2) is 18.2 Å². The van der Waals surface area contributed by atoms with Crippen molar-refractivity contribution in [2.45, 2.75) is 82.6 Å². The van der Waals surface area contributed by atoms with E-state index in [9.17, 15) is 27.9 Å². The molecule has 3 aliphatic carbocycles. The lowest BCUT2D eigenvalue weighted by atomic mass is 9.66. The van der Waals surface area contributed by atoms with E-state index in [1.807, 2.05) is 0 Å². The normalized spacial score (nSPS) is 26.1. The van der Waals surface area contributed by atoms with Gasteiger partial charge in [0.1, 0.15) is 11.4 Å². The second kappa shape index (κ2) is 8.70. The molecule has 1 spiro atoms. The van der Waals surface area contributed by atoms with Crippen LogP contribution < -0.4 is 0 Å². The van der Waals surface area contributed by atoms with E-state index in [1.165, 1.54) is 18.2 Å². The van der Waals surface area contributed by atoms with Crippen LogP contribution in [0.5, 0.6) is 0 Å². The number of carboxylic acid groups (broad SMARTS) is 1. The van der Waals surface area contributed by atoms with E-state index in [1.54, 1.807) is 6.92 Å². The predicted octanol–water partition coefficient (Wildman–Crippen LogP) is 7.58. The Labute approximate surface area is 221 Å². The van der Waals surface area contributed by atoms with Crippen molar-refractivity contribution >= 4 is 35.0 Å². The molecule has 3 fully saturated rings. The zero-order valence-electron chi connectivity index (χ0n) is 20.1. The van der Waals surface area contributed by atoms with E-state index in [-0.39, 0.29) is 65.2 Å². The van der Waals surface area contributed by atoms with Gasteiger partial charge in [-0.1, -0.05) is 29.3 Å². The number of hydrogen-bond acceptors (Lipinski definition) is 3. The predicted molar refractivity (Wildman–Crippen MR) is 129 cm³/mol. The van der Waals surface area contributed by atoms with Crippen molar-refractivity contribution in [3.63, 3.8) is 0 Å². The first-order valence-corrected chi connectivity index (χ1v) is 13.0. The maximum absolute atomic E-state index is 16.1. The molecule has 1 aromatic heterocycles. The Bertz CT molecular complexity index is 1250. The maximum Gasteiger partial charge on any atom is 0.433 e. The molecule has 5 rings (SSSR count). The number of rotatable bonds is 6.